The molecule has 0 heterocycles. The largest absolute Gasteiger partial charge is 0.480 e. The lowest BCUT2D eigenvalue weighted by atomic mass is 10.2. The molecule has 0 spiro atoms. The standard InChI is InChI=1S/C7H13N5O2/c1-10-5(6(13)14)3-2-4-11-7(8)12-9/h5,9H,1-4H2,(H2,8,11)(H,13,14)/p+1/t5-/m0/s1. The molecule has 0 aromatic heterocycles. The minimum atomic E-state index is -0.986. The fourth-order valence-electron chi connectivity index (χ4n) is 0.812. The highest BCUT2D eigenvalue weighted by Crippen LogP contribution is 2.01. The fraction of sp³-hybridized carbons (Fsp3) is 0.571. The van der Waals surface area contributed by atoms with Gasteiger partial charge in [0, 0.05) is 11.7 Å². The number of nitrogens with two attached hydrogens (primary N) is 2. The summed E-state index contributed by atoms with van der Waals surface area (Å²) < 4.78 is 0. The van der Waals surface area contributed by atoms with Crippen molar-refractivity contribution in [3.8, 4) is 0 Å². The SMILES string of the molecule is C=N[C@@H](CCCN=C(N)N=[NH2+])C(=O)O. The van der Waals surface area contributed by atoms with Crippen molar-refractivity contribution in [2.24, 2.45) is 20.8 Å². The minimum absolute atomic E-state index is 0.00318. The molecule has 5 N–H and O–H groups in total. The van der Waals surface area contributed by atoms with Gasteiger partial charge in [0.15, 0.2) is 0 Å². The van der Waals surface area contributed by atoms with Gasteiger partial charge >= 0.3 is 5.97 Å². The minimum Gasteiger partial charge on any atom is -0.480 e. The molecule has 7 heteroatoms. The van der Waals surface area contributed by atoms with E-state index in [-0.39, 0.29) is 5.96 Å². The number of carbonyl (C=O) groups is 1. The van der Waals surface area contributed by atoms with Crippen LogP contribution in [0, 0.1) is 0 Å². The lowest BCUT2D eigenvalue weighted by Crippen LogP contribution is -2.30. The number of aliphatic carboxylic acids is 1. The second kappa shape index (κ2) is 6.70. The van der Waals surface area contributed by atoms with Gasteiger partial charge in [0.05, 0.1) is 0 Å². The lowest BCUT2D eigenvalue weighted by molar-refractivity contribution is -0.207. The summed E-state index contributed by atoms with van der Waals surface area (Å²) in [5, 5.41) is 11.7. The molecule has 0 bridgehead atoms. The molecule has 0 rings (SSSR count). The van der Waals surface area contributed by atoms with Crippen molar-refractivity contribution in [3.63, 3.8) is 0 Å². The Balaban J connectivity index is 3.78. The zero-order valence-electron chi connectivity index (χ0n) is 7.76. The lowest BCUT2D eigenvalue weighted by Gasteiger charge is -2.03. The Bertz CT molecular complexity index is 250. The van der Waals surface area contributed by atoms with Gasteiger partial charge in [0.25, 0.3) is 5.96 Å². The summed E-state index contributed by atoms with van der Waals surface area (Å²) in [7, 11) is 0. The predicted molar refractivity (Wildman–Crippen MR) is 51.0 cm³/mol. The highest BCUT2D eigenvalue weighted by Gasteiger charge is 2.13. The highest BCUT2D eigenvalue weighted by atomic mass is 16.4. The summed E-state index contributed by atoms with van der Waals surface area (Å²) in [6.07, 6.45) is 0.923. The third kappa shape index (κ3) is 4.96. The van der Waals surface area contributed by atoms with Crippen LogP contribution in [0.25, 0.3) is 0 Å². The highest BCUT2D eigenvalue weighted by molar-refractivity contribution is 5.77. The Morgan fingerprint density at radius 1 is 1.64 bits per heavy atom. The van der Waals surface area contributed by atoms with Gasteiger partial charge < -0.3 is 10.8 Å². The molecular weight excluding hydrogens is 186 g/mol. The maximum absolute atomic E-state index is 10.5. The average Bonchev–Trinajstić information content (AvgIpc) is 2.16. The third-order valence-corrected chi connectivity index (χ3v) is 1.55. The summed E-state index contributed by atoms with van der Waals surface area (Å²) in [6, 6.07) is -0.777. The maximum Gasteiger partial charge on any atom is 0.328 e. The number of carboxylic acid groups (broad SMARTS) is 1. The van der Waals surface area contributed by atoms with Crippen LogP contribution >= 0.6 is 0 Å². The van der Waals surface area contributed by atoms with Gasteiger partial charge in [-0.2, -0.15) is 0 Å². The van der Waals surface area contributed by atoms with Gasteiger partial charge in [-0.3, -0.25) is 4.99 Å². The number of aliphatic imine (C=N–C) groups is 2. The van der Waals surface area contributed by atoms with E-state index in [1.165, 1.54) is 0 Å². The van der Waals surface area contributed by atoms with E-state index in [1.807, 2.05) is 0 Å². The topological polar surface area (TPSA) is 126 Å². The van der Waals surface area contributed by atoms with E-state index in [9.17, 15) is 4.79 Å². The number of hydrogen-bond acceptors (Lipinski definition) is 3. The van der Waals surface area contributed by atoms with Crippen LogP contribution in [0.5, 0.6) is 0 Å². The van der Waals surface area contributed by atoms with Crippen LogP contribution < -0.4 is 11.3 Å². The normalized spacial score (nSPS) is 13.3. The van der Waals surface area contributed by atoms with Crippen LogP contribution in [0.4, 0.5) is 0 Å². The van der Waals surface area contributed by atoms with E-state index in [1.54, 1.807) is 0 Å². The molecule has 0 aliphatic rings. The number of guanidine groups is 1. The Labute approximate surface area is 81.3 Å². The second-order valence-corrected chi connectivity index (χ2v) is 2.55. The van der Waals surface area contributed by atoms with E-state index in [2.05, 4.69) is 21.8 Å². The van der Waals surface area contributed by atoms with Crippen LogP contribution in [0.3, 0.4) is 0 Å². The molecule has 78 valence electrons. The van der Waals surface area contributed by atoms with E-state index in [4.69, 9.17) is 16.4 Å². The zero-order valence-corrected chi connectivity index (χ0v) is 7.76. The van der Waals surface area contributed by atoms with Gasteiger partial charge in [-0.15, -0.1) is 5.53 Å². The van der Waals surface area contributed by atoms with Crippen molar-refractivity contribution in [3.05, 3.63) is 0 Å². The maximum atomic E-state index is 10.5. The van der Waals surface area contributed by atoms with E-state index in [0.29, 0.717) is 19.4 Å². The van der Waals surface area contributed by atoms with E-state index in [0.717, 1.165) is 0 Å². The van der Waals surface area contributed by atoms with Crippen molar-refractivity contribution in [2.45, 2.75) is 18.9 Å². The number of nitrogens with zero attached hydrogens (tertiary/aromatic N) is 3. The monoisotopic (exact) mass is 200 g/mol. The molecule has 0 amide bonds. The molecule has 0 fully saturated rings. The Hall–Kier alpha value is -1.79. The molecular formula is C7H14N5O2+. The molecule has 0 saturated carbocycles. The smallest absolute Gasteiger partial charge is 0.328 e. The molecule has 0 aromatic carbocycles. The quantitative estimate of drug-likeness (QED) is 0.208. The average molecular weight is 200 g/mol. The van der Waals surface area contributed by atoms with Crippen molar-refractivity contribution in [2.75, 3.05) is 6.54 Å². The molecule has 0 aliphatic heterocycles. The van der Waals surface area contributed by atoms with E-state index >= 15 is 0 Å². The van der Waals surface area contributed by atoms with E-state index < -0.39 is 12.0 Å². The molecule has 7 nitrogen and oxygen atoms in total. The Morgan fingerprint density at radius 2 is 2.29 bits per heavy atom. The first kappa shape index (κ1) is 12.2. The third-order valence-electron chi connectivity index (χ3n) is 1.55. The van der Waals surface area contributed by atoms with Gasteiger partial charge in [-0.05, 0) is 19.6 Å². The first-order valence-electron chi connectivity index (χ1n) is 4.01. The van der Waals surface area contributed by atoms with Gasteiger partial charge in [0.2, 0.25) is 0 Å². The van der Waals surface area contributed by atoms with Crippen molar-refractivity contribution >= 4 is 18.6 Å². The van der Waals surface area contributed by atoms with Crippen LogP contribution in [0.1, 0.15) is 12.8 Å². The van der Waals surface area contributed by atoms with Gasteiger partial charge in [-0.25, -0.2) is 9.79 Å². The summed E-state index contributed by atoms with van der Waals surface area (Å²) in [6.45, 7) is 3.56. The molecule has 0 aliphatic carbocycles. The van der Waals surface area contributed by atoms with Crippen LogP contribution in [0.2, 0.25) is 0 Å². The summed E-state index contributed by atoms with van der Waals surface area (Å²) in [5.74, 6) is -0.982. The summed E-state index contributed by atoms with van der Waals surface area (Å²) in [5.41, 5.74) is 10.0. The van der Waals surface area contributed by atoms with Crippen LogP contribution in [-0.4, -0.2) is 36.3 Å². The molecule has 0 saturated heterocycles. The van der Waals surface area contributed by atoms with Crippen molar-refractivity contribution in [1.29, 1.82) is 0 Å². The number of rotatable bonds is 6. The Morgan fingerprint density at radius 3 is 2.71 bits per heavy atom. The predicted octanol–water partition coefficient (Wildman–Crippen LogP) is -1.55. The Kier molecular flexibility index (Phi) is 5.84. The number of hydrogen-bond donors (Lipinski definition) is 3. The first-order chi connectivity index (χ1) is 6.61. The van der Waals surface area contributed by atoms with Gasteiger partial charge in [0.1, 0.15) is 6.04 Å². The fourth-order valence-corrected chi connectivity index (χ4v) is 0.812. The first-order valence-corrected chi connectivity index (χ1v) is 4.01. The molecule has 1 atom stereocenters. The second-order valence-electron chi connectivity index (χ2n) is 2.55. The van der Waals surface area contributed by atoms with Crippen molar-refractivity contribution < 1.29 is 15.4 Å². The molecule has 14 heavy (non-hydrogen) atoms. The molecule has 0 radical (unpaired) electrons. The van der Waals surface area contributed by atoms with Crippen molar-refractivity contribution in [1.82, 2.24) is 0 Å². The zero-order chi connectivity index (χ0) is 11.0. The summed E-state index contributed by atoms with van der Waals surface area (Å²) >= 11 is 0. The van der Waals surface area contributed by atoms with Crippen LogP contribution in [0.15, 0.2) is 15.1 Å². The molecule has 0 unspecified atom stereocenters. The van der Waals surface area contributed by atoms with Crippen LogP contribution in [-0.2, 0) is 4.79 Å². The molecule has 0 aromatic rings. The summed E-state index contributed by atoms with van der Waals surface area (Å²) in [4.78, 5) is 17.7. The number of carboxylic acids is 1. The van der Waals surface area contributed by atoms with Gasteiger partial charge in [-0.1, -0.05) is 0 Å².